The number of ether oxygens (including phenoxy) is 3. The average Bonchev–Trinajstić information content (AvgIpc) is 3.34. The molecule has 2 aromatic rings. The van der Waals surface area contributed by atoms with Crippen molar-refractivity contribution < 1.29 is 23.8 Å². The molecule has 2 N–H and O–H groups in total. The standard InChI is InChI=1S/C24H27N3O5/c1-30-18-10-14(11-19(31-2)22(18)32-3)12-21(28)27-15-8-9-20(27)24(13-15)25-17-7-5-4-6-16(17)23(29)26-24/h4-7,10-11,15,20,25H,8-9,12-13H2,1-3H3,(H,26,29). The zero-order valence-electron chi connectivity index (χ0n) is 18.4. The Labute approximate surface area is 186 Å². The SMILES string of the molecule is COc1cc(CC(=O)N2C3CCC2C2(C3)NC(=O)c3ccccc3N2)cc(OC)c1OC. The van der Waals surface area contributed by atoms with Crippen molar-refractivity contribution in [3.63, 3.8) is 0 Å². The van der Waals surface area contributed by atoms with Gasteiger partial charge in [0.1, 0.15) is 5.66 Å². The normalized spacial score (nSPS) is 25.2. The number of para-hydroxylation sites is 1. The molecule has 1 spiro atoms. The number of nitrogens with zero attached hydrogens (tertiary/aromatic N) is 1. The van der Waals surface area contributed by atoms with Crippen LogP contribution < -0.4 is 24.8 Å². The summed E-state index contributed by atoms with van der Waals surface area (Å²) in [5.41, 5.74) is 1.62. The molecule has 2 bridgehead atoms. The lowest BCUT2D eigenvalue weighted by atomic mass is 9.86. The van der Waals surface area contributed by atoms with E-state index in [2.05, 4.69) is 10.6 Å². The number of hydrogen-bond donors (Lipinski definition) is 2. The first kappa shape index (κ1) is 20.5. The van der Waals surface area contributed by atoms with E-state index in [1.807, 2.05) is 41.3 Å². The van der Waals surface area contributed by atoms with Crippen LogP contribution in [0.1, 0.15) is 35.2 Å². The third kappa shape index (κ3) is 3.04. The Kier molecular flexibility index (Phi) is 4.87. The highest BCUT2D eigenvalue weighted by atomic mass is 16.5. The Morgan fingerprint density at radius 2 is 1.78 bits per heavy atom. The van der Waals surface area contributed by atoms with Crippen LogP contribution in [0.5, 0.6) is 17.2 Å². The van der Waals surface area contributed by atoms with Crippen molar-refractivity contribution in [3.8, 4) is 17.2 Å². The van der Waals surface area contributed by atoms with E-state index < -0.39 is 5.66 Å². The van der Waals surface area contributed by atoms with Gasteiger partial charge in [0.2, 0.25) is 11.7 Å². The smallest absolute Gasteiger partial charge is 0.255 e. The number of nitrogens with one attached hydrogen (secondary N) is 2. The van der Waals surface area contributed by atoms with Crippen molar-refractivity contribution in [2.75, 3.05) is 26.6 Å². The van der Waals surface area contributed by atoms with Crippen molar-refractivity contribution in [2.45, 2.75) is 43.4 Å². The summed E-state index contributed by atoms with van der Waals surface area (Å²) in [6, 6.07) is 11.1. The molecule has 0 saturated carbocycles. The average molecular weight is 437 g/mol. The van der Waals surface area contributed by atoms with E-state index in [4.69, 9.17) is 14.2 Å². The first-order valence-electron chi connectivity index (χ1n) is 10.8. The molecule has 0 aliphatic carbocycles. The summed E-state index contributed by atoms with van der Waals surface area (Å²) in [6.07, 6.45) is 2.69. The lowest BCUT2D eigenvalue weighted by molar-refractivity contribution is -0.132. The maximum Gasteiger partial charge on any atom is 0.255 e. The number of amides is 2. The van der Waals surface area contributed by atoms with Crippen molar-refractivity contribution in [1.82, 2.24) is 10.2 Å². The quantitative estimate of drug-likeness (QED) is 0.748. The summed E-state index contributed by atoms with van der Waals surface area (Å²) < 4.78 is 16.2. The Morgan fingerprint density at radius 3 is 2.47 bits per heavy atom. The summed E-state index contributed by atoms with van der Waals surface area (Å²) in [5.74, 6) is 1.48. The predicted octanol–water partition coefficient (Wildman–Crippen LogP) is 2.57. The van der Waals surface area contributed by atoms with Gasteiger partial charge in [0.05, 0.1) is 39.4 Å². The first-order chi connectivity index (χ1) is 15.5. The Balaban J connectivity index is 1.40. The predicted molar refractivity (Wildman–Crippen MR) is 118 cm³/mol. The topological polar surface area (TPSA) is 89.1 Å². The summed E-state index contributed by atoms with van der Waals surface area (Å²) in [5, 5.41) is 6.73. The summed E-state index contributed by atoms with van der Waals surface area (Å²) >= 11 is 0. The van der Waals surface area contributed by atoms with Crippen molar-refractivity contribution in [3.05, 3.63) is 47.5 Å². The van der Waals surface area contributed by atoms with Crippen LogP contribution in [0, 0.1) is 0 Å². The van der Waals surface area contributed by atoms with Crippen LogP contribution in [0.15, 0.2) is 36.4 Å². The van der Waals surface area contributed by atoms with E-state index >= 15 is 0 Å². The maximum atomic E-state index is 13.5. The Morgan fingerprint density at radius 1 is 1.06 bits per heavy atom. The van der Waals surface area contributed by atoms with Crippen LogP contribution in [0.25, 0.3) is 0 Å². The lowest BCUT2D eigenvalue weighted by Gasteiger charge is -2.43. The zero-order valence-corrected chi connectivity index (χ0v) is 18.4. The van der Waals surface area contributed by atoms with E-state index in [0.717, 1.165) is 24.1 Å². The van der Waals surface area contributed by atoms with Gasteiger partial charge in [-0.05, 0) is 42.7 Å². The minimum atomic E-state index is -0.626. The van der Waals surface area contributed by atoms with Crippen molar-refractivity contribution >= 4 is 17.5 Å². The van der Waals surface area contributed by atoms with Gasteiger partial charge < -0.3 is 29.7 Å². The number of rotatable bonds is 5. The molecule has 2 fully saturated rings. The molecular formula is C24H27N3O5. The van der Waals surface area contributed by atoms with Crippen LogP contribution in [0.3, 0.4) is 0 Å². The van der Waals surface area contributed by atoms with Gasteiger partial charge in [-0.15, -0.1) is 0 Å². The lowest BCUT2D eigenvalue weighted by Crippen LogP contribution is -2.64. The molecule has 0 aromatic heterocycles. The maximum absolute atomic E-state index is 13.5. The summed E-state index contributed by atoms with van der Waals surface area (Å²) in [6.45, 7) is 0. The largest absolute Gasteiger partial charge is 0.493 e. The van der Waals surface area contributed by atoms with Crippen LogP contribution in [-0.2, 0) is 11.2 Å². The Bertz CT molecular complexity index is 1060. The van der Waals surface area contributed by atoms with Gasteiger partial charge in [-0.25, -0.2) is 0 Å². The molecule has 3 heterocycles. The number of benzene rings is 2. The van der Waals surface area contributed by atoms with Crippen LogP contribution in [0.2, 0.25) is 0 Å². The number of anilines is 1. The number of fused-ring (bicyclic) bond motifs is 4. The molecule has 0 radical (unpaired) electrons. The molecule has 5 rings (SSSR count). The summed E-state index contributed by atoms with van der Waals surface area (Å²) in [4.78, 5) is 28.2. The van der Waals surface area contributed by atoms with Gasteiger partial charge >= 0.3 is 0 Å². The van der Waals surface area contributed by atoms with E-state index in [9.17, 15) is 9.59 Å². The molecular weight excluding hydrogens is 410 g/mol. The van der Waals surface area contributed by atoms with Gasteiger partial charge in [-0.3, -0.25) is 9.59 Å². The third-order valence-electron chi connectivity index (χ3n) is 6.86. The highest BCUT2D eigenvalue weighted by Gasteiger charge is 2.59. The highest BCUT2D eigenvalue weighted by molar-refractivity contribution is 6.02. The number of methoxy groups -OCH3 is 3. The van der Waals surface area contributed by atoms with Crippen LogP contribution in [0.4, 0.5) is 5.69 Å². The van der Waals surface area contributed by atoms with E-state index in [-0.39, 0.29) is 30.3 Å². The monoisotopic (exact) mass is 437 g/mol. The van der Waals surface area contributed by atoms with Gasteiger partial charge in [0, 0.05) is 18.2 Å². The fourth-order valence-corrected chi connectivity index (χ4v) is 5.56. The van der Waals surface area contributed by atoms with Crippen molar-refractivity contribution in [2.24, 2.45) is 0 Å². The second-order valence-electron chi connectivity index (χ2n) is 8.56. The molecule has 3 aliphatic heterocycles. The minimum Gasteiger partial charge on any atom is -0.493 e. The summed E-state index contributed by atoms with van der Waals surface area (Å²) in [7, 11) is 4.67. The van der Waals surface area contributed by atoms with Gasteiger partial charge in [-0.2, -0.15) is 0 Å². The molecule has 3 unspecified atom stereocenters. The minimum absolute atomic E-state index is 0.0264. The number of carbonyl (C=O) groups is 2. The van der Waals surface area contributed by atoms with E-state index in [1.165, 1.54) is 0 Å². The van der Waals surface area contributed by atoms with Gasteiger partial charge in [0.15, 0.2) is 11.5 Å². The number of carbonyl (C=O) groups excluding carboxylic acids is 2. The molecule has 2 saturated heterocycles. The highest BCUT2D eigenvalue weighted by Crippen LogP contribution is 2.47. The van der Waals surface area contributed by atoms with E-state index in [0.29, 0.717) is 29.2 Å². The molecule has 2 amide bonds. The number of hydrogen-bond acceptors (Lipinski definition) is 6. The Hall–Kier alpha value is -3.42. The molecule has 3 aliphatic rings. The molecule has 3 atom stereocenters. The third-order valence-corrected chi connectivity index (χ3v) is 6.86. The second-order valence-corrected chi connectivity index (χ2v) is 8.56. The molecule has 8 heteroatoms. The second kappa shape index (κ2) is 7.62. The molecule has 2 aromatic carbocycles. The van der Waals surface area contributed by atoms with Gasteiger partial charge in [0.25, 0.3) is 5.91 Å². The molecule has 168 valence electrons. The first-order valence-corrected chi connectivity index (χ1v) is 10.8. The molecule has 8 nitrogen and oxygen atoms in total. The van der Waals surface area contributed by atoms with Crippen LogP contribution >= 0.6 is 0 Å². The fourth-order valence-electron chi connectivity index (χ4n) is 5.56. The fraction of sp³-hybridized carbons (Fsp3) is 0.417. The van der Waals surface area contributed by atoms with Gasteiger partial charge in [-0.1, -0.05) is 12.1 Å². The zero-order chi connectivity index (χ0) is 22.5. The van der Waals surface area contributed by atoms with Crippen LogP contribution in [-0.4, -0.2) is 55.8 Å². The van der Waals surface area contributed by atoms with Crippen molar-refractivity contribution in [1.29, 1.82) is 0 Å². The van der Waals surface area contributed by atoms with E-state index in [1.54, 1.807) is 21.3 Å². The molecule has 32 heavy (non-hydrogen) atoms.